The van der Waals surface area contributed by atoms with Gasteiger partial charge in [-0.15, -0.1) is 0 Å². The Kier molecular flexibility index (Phi) is 4.71. The van der Waals surface area contributed by atoms with E-state index in [1.165, 1.54) is 32.8 Å². The molecule has 1 aliphatic carbocycles. The summed E-state index contributed by atoms with van der Waals surface area (Å²) in [6.45, 7) is 0.562. The summed E-state index contributed by atoms with van der Waals surface area (Å²) in [5.41, 5.74) is 6.36. The number of rotatable bonds is 4. The van der Waals surface area contributed by atoms with Gasteiger partial charge in [0.2, 0.25) is 5.91 Å². The zero-order chi connectivity index (χ0) is 15.6. The molecule has 2 fully saturated rings. The molecule has 2 atom stereocenters. The average molecular weight is 306 g/mol. The molecule has 6 heteroatoms. The molecule has 4 nitrogen and oxygen atoms in total. The highest BCUT2D eigenvalue weighted by molar-refractivity contribution is 6.31. The van der Waals surface area contributed by atoms with Crippen molar-refractivity contribution in [3.05, 3.63) is 29.6 Å². The number of nitrogens with two attached hydrogens (primary N) is 1. The number of benzene rings is 1. The van der Waals surface area contributed by atoms with Gasteiger partial charge in [-0.3, -0.25) is 5.73 Å². The monoisotopic (exact) mass is 306 g/mol. The quantitative estimate of drug-likeness (QED) is 0.662. The van der Waals surface area contributed by atoms with Gasteiger partial charge < -0.3 is 14.5 Å². The van der Waals surface area contributed by atoms with E-state index in [4.69, 9.17) is 15.1 Å². The summed E-state index contributed by atoms with van der Waals surface area (Å²) >= 11 is 0. The molecule has 0 aromatic heterocycles. The minimum Gasteiger partial charge on any atom is -0.490 e. The van der Waals surface area contributed by atoms with Crippen molar-refractivity contribution in [2.45, 2.75) is 50.3 Å². The Morgan fingerprint density at radius 2 is 2.14 bits per heavy atom. The number of hydrogen-bond donors (Lipinski definition) is 2. The van der Waals surface area contributed by atoms with Crippen molar-refractivity contribution < 1.29 is 18.9 Å². The molecule has 119 valence electrons. The number of ether oxygens (including phenoxy) is 1. The summed E-state index contributed by atoms with van der Waals surface area (Å²) in [4.78, 5) is 0. The Morgan fingerprint density at radius 1 is 1.36 bits per heavy atom. The van der Waals surface area contributed by atoms with Crippen molar-refractivity contribution in [2.24, 2.45) is 11.7 Å². The van der Waals surface area contributed by atoms with E-state index in [9.17, 15) is 9.50 Å². The highest BCUT2D eigenvalue weighted by Crippen LogP contribution is 2.33. The van der Waals surface area contributed by atoms with Crippen LogP contribution >= 0.6 is 0 Å². The third-order valence-corrected chi connectivity index (χ3v) is 4.53. The zero-order valence-electron chi connectivity index (χ0n) is 12.6. The molecule has 1 aromatic rings. The molecule has 0 amide bonds. The number of aliphatic hydroxyl groups is 1. The van der Waals surface area contributed by atoms with E-state index < -0.39 is 5.91 Å². The standard InChI is InChI=1S/C16H22BFNO3/c18-14-7-6-12(13-9-16(19,20)22-17-13)8-15(14)21-10-11-4-2-1-3-5-11/h6-8,11,13,20H,1-5,9-10,19H2. The fraction of sp³-hybridized carbons (Fsp3) is 0.625. The van der Waals surface area contributed by atoms with Crippen LogP contribution in [0.3, 0.4) is 0 Å². The first-order valence-electron chi connectivity index (χ1n) is 7.98. The largest absolute Gasteiger partial charge is 0.490 e. The lowest BCUT2D eigenvalue weighted by Crippen LogP contribution is -2.38. The van der Waals surface area contributed by atoms with Gasteiger partial charge >= 0.3 is 7.48 Å². The maximum Gasteiger partial charge on any atom is 0.306 e. The first-order chi connectivity index (χ1) is 10.5. The summed E-state index contributed by atoms with van der Waals surface area (Å²) < 4.78 is 24.6. The summed E-state index contributed by atoms with van der Waals surface area (Å²) in [7, 11) is 1.50. The van der Waals surface area contributed by atoms with E-state index in [-0.39, 0.29) is 23.8 Å². The molecule has 22 heavy (non-hydrogen) atoms. The molecule has 0 spiro atoms. The molecule has 0 bridgehead atoms. The molecule has 1 heterocycles. The first kappa shape index (κ1) is 15.8. The Balaban J connectivity index is 1.65. The molecular formula is C16H22BFNO3. The van der Waals surface area contributed by atoms with E-state index in [1.807, 2.05) is 0 Å². The maximum atomic E-state index is 13.9. The molecule has 3 N–H and O–H groups in total. The van der Waals surface area contributed by atoms with E-state index in [0.717, 1.165) is 18.4 Å². The second-order valence-corrected chi connectivity index (χ2v) is 6.41. The highest BCUT2D eigenvalue weighted by Gasteiger charge is 2.37. The maximum absolute atomic E-state index is 13.9. The summed E-state index contributed by atoms with van der Waals surface area (Å²) in [6, 6.07) is 4.76. The molecule has 1 aliphatic heterocycles. The molecule has 2 aliphatic rings. The second-order valence-electron chi connectivity index (χ2n) is 6.41. The van der Waals surface area contributed by atoms with Gasteiger partial charge in [-0.1, -0.05) is 25.3 Å². The van der Waals surface area contributed by atoms with Gasteiger partial charge in [0.1, 0.15) is 0 Å². The Morgan fingerprint density at radius 3 is 2.82 bits per heavy atom. The van der Waals surface area contributed by atoms with E-state index in [2.05, 4.69) is 0 Å². The van der Waals surface area contributed by atoms with Gasteiger partial charge in [-0.05, 0) is 42.3 Å². The molecule has 3 rings (SSSR count). The molecule has 2 unspecified atom stereocenters. The normalized spacial score (nSPS) is 29.3. The van der Waals surface area contributed by atoms with Gasteiger partial charge in [-0.25, -0.2) is 4.39 Å². The van der Waals surface area contributed by atoms with Crippen LogP contribution in [0.4, 0.5) is 4.39 Å². The van der Waals surface area contributed by atoms with Gasteiger partial charge in [0.05, 0.1) is 6.61 Å². The van der Waals surface area contributed by atoms with Crippen LogP contribution in [-0.2, 0) is 4.65 Å². The molecule has 1 aromatic carbocycles. The minimum absolute atomic E-state index is 0.160. The van der Waals surface area contributed by atoms with Crippen LogP contribution in [0.1, 0.15) is 49.9 Å². The first-order valence-corrected chi connectivity index (χ1v) is 7.98. The van der Waals surface area contributed by atoms with Crippen LogP contribution in [0.15, 0.2) is 18.2 Å². The topological polar surface area (TPSA) is 64.7 Å². The van der Waals surface area contributed by atoms with Crippen LogP contribution in [-0.4, -0.2) is 25.1 Å². The lowest BCUT2D eigenvalue weighted by Gasteiger charge is -2.22. The van der Waals surface area contributed by atoms with Crippen LogP contribution in [0, 0.1) is 11.7 Å². The van der Waals surface area contributed by atoms with Crippen molar-refractivity contribution in [1.29, 1.82) is 0 Å². The molecule has 1 radical (unpaired) electrons. The number of halogens is 1. The molecular weight excluding hydrogens is 284 g/mol. The summed E-state index contributed by atoms with van der Waals surface area (Å²) in [5.74, 6) is -1.37. The van der Waals surface area contributed by atoms with Crippen molar-refractivity contribution >= 4 is 7.48 Å². The fourth-order valence-corrected chi connectivity index (χ4v) is 3.23. The van der Waals surface area contributed by atoms with Crippen LogP contribution in [0.25, 0.3) is 0 Å². The van der Waals surface area contributed by atoms with E-state index >= 15 is 0 Å². The summed E-state index contributed by atoms with van der Waals surface area (Å²) in [5, 5.41) is 9.64. The SMILES string of the molecule is NC1(O)CC(c2ccc(F)c(OCC3CCCCC3)c2)[B]O1. The zero-order valence-corrected chi connectivity index (χ0v) is 12.6. The van der Waals surface area contributed by atoms with Crippen LogP contribution < -0.4 is 10.5 Å². The van der Waals surface area contributed by atoms with Gasteiger partial charge in [-0.2, -0.15) is 0 Å². The third kappa shape index (κ3) is 3.80. The summed E-state index contributed by atoms with van der Waals surface area (Å²) in [6.07, 6.45) is 6.33. The predicted octanol–water partition coefficient (Wildman–Crippen LogP) is 2.47. The Hall–Kier alpha value is -1.11. The highest BCUT2D eigenvalue weighted by atomic mass is 19.1. The molecule has 1 saturated carbocycles. The second kappa shape index (κ2) is 6.56. The average Bonchev–Trinajstić information content (AvgIpc) is 2.88. The van der Waals surface area contributed by atoms with Crippen molar-refractivity contribution in [1.82, 2.24) is 0 Å². The minimum atomic E-state index is -1.64. The van der Waals surface area contributed by atoms with Crippen LogP contribution in [0.2, 0.25) is 0 Å². The smallest absolute Gasteiger partial charge is 0.306 e. The Bertz CT molecular complexity index is 520. The van der Waals surface area contributed by atoms with Crippen molar-refractivity contribution in [2.75, 3.05) is 6.61 Å². The lowest BCUT2D eigenvalue weighted by molar-refractivity contribution is -0.119. The van der Waals surface area contributed by atoms with Crippen molar-refractivity contribution in [3.63, 3.8) is 0 Å². The van der Waals surface area contributed by atoms with E-state index in [0.29, 0.717) is 12.5 Å². The molecule has 1 saturated heterocycles. The Labute approximate surface area is 131 Å². The van der Waals surface area contributed by atoms with Gasteiger partial charge in [0.25, 0.3) is 0 Å². The van der Waals surface area contributed by atoms with Gasteiger partial charge in [0.15, 0.2) is 11.6 Å². The number of hydrogen-bond acceptors (Lipinski definition) is 4. The predicted molar refractivity (Wildman–Crippen MR) is 81.8 cm³/mol. The van der Waals surface area contributed by atoms with Gasteiger partial charge in [0, 0.05) is 6.42 Å². The van der Waals surface area contributed by atoms with Crippen molar-refractivity contribution in [3.8, 4) is 5.75 Å². The van der Waals surface area contributed by atoms with Crippen LogP contribution in [0.5, 0.6) is 5.75 Å². The third-order valence-electron chi connectivity index (χ3n) is 4.53. The lowest BCUT2D eigenvalue weighted by atomic mass is 9.75. The fourth-order valence-electron chi connectivity index (χ4n) is 3.23. The van der Waals surface area contributed by atoms with E-state index in [1.54, 1.807) is 12.1 Å².